The molecule has 0 saturated heterocycles. The van der Waals surface area contributed by atoms with E-state index in [-0.39, 0.29) is 17.7 Å². The number of carbonyl (C=O) groups excluding carboxylic acids is 1. The predicted octanol–water partition coefficient (Wildman–Crippen LogP) is 4.64. The van der Waals surface area contributed by atoms with Gasteiger partial charge in [0.15, 0.2) is 0 Å². The van der Waals surface area contributed by atoms with Crippen molar-refractivity contribution in [2.45, 2.75) is 12.3 Å². The van der Waals surface area contributed by atoms with Gasteiger partial charge in [-0.25, -0.2) is 0 Å². The van der Waals surface area contributed by atoms with Gasteiger partial charge in [-0.15, -0.1) is 0 Å². The molecule has 25 heavy (non-hydrogen) atoms. The Labute approximate surface area is 150 Å². The standard InChI is InChI=1S/C20H17ClN2O2/c1-25-18-9-8-17(13-6-4-10-22-19(13)18)23-20(24)15-11-14(15)12-5-2-3-7-16(12)21/h2-10,14-15H,11H2,1H3,(H,23,24). The third kappa shape index (κ3) is 2.94. The largest absolute Gasteiger partial charge is 0.494 e. The first-order valence-electron chi connectivity index (χ1n) is 8.16. The fourth-order valence-electron chi connectivity index (χ4n) is 3.25. The van der Waals surface area contributed by atoms with Crippen LogP contribution >= 0.6 is 11.6 Å². The number of amides is 1. The van der Waals surface area contributed by atoms with Crippen LogP contribution in [0.3, 0.4) is 0 Å². The van der Waals surface area contributed by atoms with Crippen molar-refractivity contribution in [1.29, 1.82) is 0 Å². The molecule has 5 heteroatoms. The second-order valence-electron chi connectivity index (χ2n) is 6.17. The van der Waals surface area contributed by atoms with Crippen molar-refractivity contribution in [1.82, 2.24) is 4.98 Å². The maximum Gasteiger partial charge on any atom is 0.228 e. The molecule has 4 nitrogen and oxygen atoms in total. The predicted molar refractivity (Wildman–Crippen MR) is 99.2 cm³/mol. The summed E-state index contributed by atoms with van der Waals surface area (Å²) in [6, 6.07) is 15.2. The number of nitrogens with zero attached hydrogens (tertiary/aromatic N) is 1. The number of carbonyl (C=O) groups is 1. The van der Waals surface area contributed by atoms with Gasteiger partial charge in [-0.2, -0.15) is 0 Å². The van der Waals surface area contributed by atoms with E-state index in [9.17, 15) is 4.79 Å². The number of rotatable bonds is 4. The van der Waals surface area contributed by atoms with Crippen LogP contribution in [-0.4, -0.2) is 18.0 Å². The number of aromatic nitrogens is 1. The van der Waals surface area contributed by atoms with Crippen LogP contribution in [0.5, 0.6) is 5.75 Å². The van der Waals surface area contributed by atoms with Crippen LogP contribution in [-0.2, 0) is 4.79 Å². The Balaban J connectivity index is 1.57. The van der Waals surface area contributed by atoms with Gasteiger partial charge in [-0.3, -0.25) is 9.78 Å². The van der Waals surface area contributed by atoms with E-state index in [1.807, 2.05) is 48.5 Å². The van der Waals surface area contributed by atoms with Crippen LogP contribution < -0.4 is 10.1 Å². The van der Waals surface area contributed by atoms with Crippen molar-refractivity contribution in [2.24, 2.45) is 5.92 Å². The molecule has 3 aromatic rings. The summed E-state index contributed by atoms with van der Waals surface area (Å²) in [7, 11) is 1.61. The van der Waals surface area contributed by atoms with E-state index in [0.29, 0.717) is 5.75 Å². The van der Waals surface area contributed by atoms with E-state index in [2.05, 4.69) is 10.3 Å². The lowest BCUT2D eigenvalue weighted by Crippen LogP contribution is -2.15. The number of methoxy groups -OCH3 is 1. The maximum absolute atomic E-state index is 12.7. The fourth-order valence-corrected chi connectivity index (χ4v) is 3.53. The van der Waals surface area contributed by atoms with E-state index in [1.165, 1.54) is 0 Å². The number of benzene rings is 2. The smallest absolute Gasteiger partial charge is 0.228 e. The molecule has 126 valence electrons. The van der Waals surface area contributed by atoms with Gasteiger partial charge in [0.1, 0.15) is 11.3 Å². The molecule has 0 bridgehead atoms. The minimum Gasteiger partial charge on any atom is -0.494 e. The Kier molecular flexibility index (Phi) is 4.06. The molecule has 0 radical (unpaired) electrons. The average Bonchev–Trinajstić information content (AvgIpc) is 3.43. The van der Waals surface area contributed by atoms with Crippen LogP contribution in [0, 0.1) is 5.92 Å². The van der Waals surface area contributed by atoms with Crippen molar-refractivity contribution in [3.8, 4) is 5.75 Å². The van der Waals surface area contributed by atoms with Crippen molar-refractivity contribution in [3.63, 3.8) is 0 Å². The number of fused-ring (bicyclic) bond motifs is 1. The molecule has 4 rings (SSSR count). The topological polar surface area (TPSA) is 51.2 Å². The summed E-state index contributed by atoms with van der Waals surface area (Å²) in [4.78, 5) is 17.0. The molecule has 1 aromatic heterocycles. The van der Waals surface area contributed by atoms with Crippen LogP contribution in [0.4, 0.5) is 5.69 Å². The Morgan fingerprint density at radius 2 is 2.04 bits per heavy atom. The van der Waals surface area contributed by atoms with Gasteiger partial charge in [0.25, 0.3) is 0 Å². The second kappa shape index (κ2) is 6.37. The van der Waals surface area contributed by atoms with Crippen molar-refractivity contribution in [2.75, 3.05) is 12.4 Å². The number of anilines is 1. The molecular weight excluding hydrogens is 336 g/mol. The molecule has 1 fully saturated rings. The lowest BCUT2D eigenvalue weighted by Gasteiger charge is -2.11. The molecule has 2 atom stereocenters. The summed E-state index contributed by atoms with van der Waals surface area (Å²) < 4.78 is 5.35. The molecule has 1 saturated carbocycles. The summed E-state index contributed by atoms with van der Waals surface area (Å²) in [6.07, 6.45) is 2.53. The van der Waals surface area contributed by atoms with Gasteiger partial charge in [-0.1, -0.05) is 29.8 Å². The highest BCUT2D eigenvalue weighted by Gasteiger charge is 2.44. The molecule has 1 amide bonds. The number of hydrogen-bond donors (Lipinski definition) is 1. The first-order valence-corrected chi connectivity index (χ1v) is 8.54. The minimum absolute atomic E-state index is 0.0141. The Morgan fingerprint density at radius 1 is 1.20 bits per heavy atom. The molecule has 2 aromatic carbocycles. The van der Waals surface area contributed by atoms with Gasteiger partial charge < -0.3 is 10.1 Å². The monoisotopic (exact) mass is 352 g/mol. The van der Waals surface area contributed by atoms with Crippen molar-refractivity contribution in [3.05, 3.63) is 65.3 Å². The van der Waals surface area contributed by atoms with Gasteiger partial charge in [0, 0.05) is 22.5 Å². The number of pyridine rings is 1. The van der Waals surface area contributed by atoms with Gasteiger partial charge in [0.2, 0.25) is 5.91 Å². The summed E-state index contributed by atoms with van der Waals surface area (Å²) in [6.45, 7) is 0. The van der Waals surface area contributed by atoms with Crippen molar-refractivity contribution < 1.29 is 9.53 Å². The Hall–Kier alpha value is -2.59. The fraction of sp³-hybridized carbons (Fsp3) is 0.200. The Morgan fingerprint density at radius 3 is 2.84 bits per heavy atom. The van der Waals surface area contributed by atoms with E-state index in [0.717, 1.165) is 33.6 Å². The molecule has 1 aliphatic rings. The number of hydrogen-bond acceptors (Lipinski definition) is 3. The molecule has 0 spiro atoms. The van der Waals surface area contributed by atoms with Crippen LogP contribution in [0.2, 0.25) is 5.02 Å². The first kappa shape index (κ1) is 15.9. The van der Waals surface area contributed by atoms with Crippen LogP contribution in [0.15, 0.2) is 54.7 Å². The van der Waals surface area contributed by atoms with Crippen LogP contribution in [0.25, 0.3) is 10.9 Å². The highest BCUT2D eigenvalue weighted by molar-refractivity contribution is 6.31. The maximum atomic E-state index is 12.7. The van der Waals surface area contributed by atoms with Gasteiger partial charge >= 0.3 is 0 Å². The Bertz CT molecular complexity index is 957. The molecular formula is C20H17ClN2O2. The summed E-state index contributed by atoms with van der Waals surface area (Å²) in [5.41, 5.74) is 2.53. The quantitative estimate of drug-likeness (QED) is 0.744. The van der Waals surface area contributed by atoms with Gasteiger partial charge in [-0.05, 0) is 48.2 Å². The first-order chi connectivity index (χ1) is 12.2. The van der Waals surface area contributed by atoms with E-state index in [4.69, 9.17) is 16.3 Å². The third-order valence-corrected chi connectivity index (χ3v) is 4.99. The highest BCUT2D eigenvalue weighted by Crippen LogP contribution is 2.50. The van der Waals surface area contributed by atoms with E-state index < -0.39 is 0 Å². The zero-order chi connectivity index (χ0) is 17.4. The summed E-state index contributed by atoms with van der Waals surface area (Å²) in [5, 5.41) is 4.63. The summed E-state index contributed by atoms with van der Waals surface area (Å²) in [5.74, 6) is 0.847. The normalized spacial score (nSPS) is 18.8. The van der Waals surface area contributed by atoms with Gasteiger partial charge in [0.05, 0.1) is 12.8 Å². The van der Waals surface area contributed by atoms with Crippen molar-refractivity contribution >= 4 is 34.1 Å². The van der Waals surface area contributed by atoms with Crippen LogP contribution in [0.1, 0.15) is 17.9 Å². The molecule has 0 aliphatic heterocycles. The molecule has 1 aliphatic carbocycles. The average molecular weight is 353 g/mol. The summed E-state index contributed by atoms with van der Waals surface area (Å²) >= 11 is 6.25. The second-order valence-corrected chi connectivity index (χ2v) is 6.58. The minimum atomic E-state index is -0.0475. The number of nitrogens with one attached hydrogen (secondary N) is 1. The molecule has 2 unspecified atom stereocenters. The number of halogens is 1. The molecule has 1 N–H and O–H groups in total. The highest BCUT2D eigenvalue weighted by atomic mass is 35.5. The van der Waals surface area contributed by atoms with E-state index in [1.54, 1.807) is 13.3 Å². The SMILES string of the molecule is COc1ccc(NC(=O)C2CC2c2ccccc2Cl)c2cccnc12. The zero-order valence-corrected chi connectivity index (χ0v) is 14.5. The molecule has 1 heterocycles. The zero-order valence-electron chi connectivity index (χ0n) is 13.7. The third-order valence-electron chi connectivity index (χ3n) is 4.64. The van der Waals surface area contributed by atoms with E-state index >= 15 is 0 Å². The lowest BCUT2D eigenvalue weighted by molar-refractivity contribution is -0.117. The number of ether oxygens (including phenoxy) is 1. The lowest BCUT2D eigenvalue weighted by atomic mass is 10.1.